The van der Waals surface area contributed by atoms with Crippen molar-refractivity contribution in [1.29, 1.82) is 0 Å². The number of Topliss-reactive ketones (excluding diaryl/α,β-unsaturated/α-hetero) is 1. The lowest BCUT2D eigenvalue weighted by Crippen LogP contribution is -2.44. The second kappa shape index (κ2) is 9.90. The Hall–Kier alpha value is -4.25. The normalized spacial score (nSPS) is 20.6. The van der Waals surface area contributed by atoms with Gasteiger partial charge in [-0.2, -0.15) is 5.10 Å². The SMILES string of the molecule is CC(=O)c1nn(CC(=O)N2C3=C[C@@]3(C)C[C@H]2C(=O)Nc2nc(Br)ccc2C)c2c(C3CC3)cc(-c3cnc(C)nc3)cc12. The molecule has 4 aromatic rings. The van der Waals surface area contributed by atoms with Crippen LogP contribution in [0.25, 0.3) is 22.0 Å². The van der Waals surface area contributed by atoms with Crippen LogP contribution >= 0.6 is 15.9 Å². The number of nitrogens with zero attached hydrogens (tertiary/aromatic N) is 6. The summed E-state index contributed by atoms with van der Waals surface area (Å²) in [7, 11) is 0. The predicted molar refractivity (Wildman–Crippen MR) is 164 cm³/mol. The topological polar surface area (TPSA) is 123 Å². The molecule has 1 saturated heterocycles. The van der Waals surface area contributed by atoms with E-state index in [1.807, 2.05) is 45.0 Å². The van der Waals surface area contributed by atoms with E-state index in [0.29, 0.717) is 39.7 Å². The minimum atomic E-state index is -0.678. The van der Waals surface area contributed by atoms with E-state index in [9.17, 15) is 14.4 Å². The maximum Gasteiger partial charge on any atom is 0.249 e. The molecule has 0 spiro atoms. The average Bonchev–Trinajstić information content (AvgIpc) is 3.87. The highest BCUT2D eigenvalue weighted by molar-refractivity contribution is 9.10. The third kappa shape index (κ3) is 4.85. The van der Waals surface area contributed by atoms with Gasteiger partial charge in [-0.05, 0) is 89.8 Å². The smallest absolute Gasteiger partial charge is 0.249 e. The van der Waals surface area contributed by atoms with E-state index in [-0.39, 0.29) is 29.6 Å². The first-order chi connectivity index (χ1) is 20.5. The fourth-order valence-electron chi connectivity index (χ4n) is 6.13. The number of likely N-dealkylation sites (tertiary alicyclic amines) is 1. The molecule has 0 unspecified atom stereocenters. The number of carbonyl (C=O) groups excluding carboxylic acids is 3. The number of aromatic nitrogens is 5. The van der Waals surface area contributed by atoms with Crippen LogP contribution in [0, 0.1) is 19.3 Å². The number of amides is 2. The van der Waals surface area contributed by atoms with Crippen molar-refractivity contribution in [2.75, 3.05) is 5.32 Å². The number of halogens is 1. The molecule has 0 radical (unpaired) electrons. The zero-order valence-corrected chi connectivity index (χ0v) is 25.9. The fourth-order valence-corrected chi connectivity index (χ4v) is 6.44. The number of fused-ring (bicyclic) bond motifs is 2. The van der Waals surface area contributed by atoms with Crippen LogP contribution in [0.1, 0.15) is 66.5 Å². The first-order valence-electron chi connectivity index (χ1n) is 14.4. The van der Waals surface area contributed by atoms with E-state index < -0.39 is 6.04 Å². The molecule has 7 rings (SSSR count). The van der Waals surface area contributed by atoms with Gasteiger partial charge < -0.3 is 10.2 Å². The van der Waals surface area contributed by atoms with Gasteiger partial charge in [0.25, 0.3) is 0 Å². The van der Waals surface area contributed by atoms with Crippen molar-refractivity contribution < 1.29 is 14.4 Å². The summed E-state index contributed by atoms with van der Waals surface area (Å²) in [5.74, 6) is 0.753. The lowest BCUT2D eigenvalue weighted by Gasteiger charge is -2.24. The number of rotatable bonds is 7. The summed E-state index contributed by atoms with van der Waals surface area (Å²) in [5, 5.41) is 8.33. The molecule has 1 N–H and O–H groups in total. The van der Waals surface area contributed by atoms with Crippen molar-refractivity contribution in [2.45, 2.75) is 65.5 Å². The van der Waals surface area contributed by atoms with Crippen molar-refractivity contribution in [2.24, 2.45) is 5.41 Å². The number of ketones is 1. The predicted octanol–water partition coefficient (Wildman–Crippen LogP) is 5.49. The van der Waals surface area contributed by atoms with Crippen LogP contribution in [0.2, 0.25) is 0 Å². The third-order valence-electron chi connectivity index (χ3n) is 8.64. The number of hydrogen-bond donors (Lipinski definition) is 1. The summed E-state index contributed by atoms with van der Waals surface area (Å²) in [6.45, 7) is 7.15. The number of aryl methyl sites for hydroxylation is 2. The van der Waals surface area contributed by atoms with Crippen LogP contribution in [0.3, 0.4) is 0 Å². The Balaban J connectivity index is 1.24. The average molecular weight is 641 g/mol. The summed E-state index contributed by atoms with van der Waals surface area (Å²) in [6.07, 6.45) is 8.16. The molecule has 218 valence electrons. The third-order valence-corrected chi connectivity index (χ3v) is 9.09. The molecule has 2 aliphatic carbocycles. The Morgan fingerprint density at radius 3 is 2.53 bits per heavy atom. The zero-order valence-electron chi connectivity index (χ0n) is 24.3. The molecule has 0 bridgehead atoms. The van der Waals surface area contributed by atoms with Crippen molar-refractivity contribution in [1.82, 2.24) is 29.6 Å². The Kier molecular flexibility index (Phi) is 6.35. The van der Waals surface area contributed by atoms with Gasteiger partial charge in [-0.3, -0.25) is 19.1 Å². The largest absolute Gasteiger partial charge is 0.309 e. The van der Waals surface area contributed by atoms with Crippen LogP contribution in [0.4, 0.5) is 5.82 Å². The number of allylic oxidation sites excluding steroid dienone is 2. The molecule has 3 aromatic heterocycles. The van der Waals surface area contributed by atoms with Gasteiger partial charge in [-0.25, -0.2) is 15.0 Å². The lowest BCUT2D eigenvalue weighted by molar-refractivity contribution is -0.135. The standard InChI is InChI=1S/C32H30BrN7O3/c1-16-5-8-26(33)36-30(16)37-31(43)24-11-32(4)12-25(32)40(24)27(42)15-39-29-22(19-6-7-19)9-20(21-13-34-18(3)35-14-21)10-23(29)28(38-39)17(2)41/h5,8-10,12-14,19,24H,6-7,11,15H2,1-4H3,(H,36,37,43)/t24-,32+/m0/s1. The lowest BCUT2D eigenvalue weighted by atomic mass is 9.98. The molecule has 2 atom stereocenters. The van der Waals surface area contributed by atoms with Crippen LogP contribution in [-0.4, -0.2) is 53.3 Å². The highest BCUT2D eigenvalue weighted by Gasteiger charge is 2.57. The van der Waals surface area contributed by atoms with Crippen molar-refractivity contribution in [3.05, 3.63) is 75.7 Å². The van der Waals surface area contributed by atoms with Gasteiger partial charge >= 0.3 is 0 Å². The number of anilines is 1. The van der Waals surface area contributed by atoms with Gasteiger partial charge in [0.05, 0.1) is 5.52 Å². The molecule has 43 heavy (non-hydrogen) atoms. The number of hydrogen-bond acceptors (Lipinski definition) is 7. The Morgan fingerprint density at radius 1 is 1.09 bits per heavy atom. The molecule has 10 nitrogen and oxygen atoms in total. The summed E-state index contributed by atoms with van der Waals surface area (Å²) in [5.41, 5.74) is 5.32. The number of benzene rings is 1. The molecule has 1 aliphatic heterocycles. The van der Waals surface area contributed by atoms with Crippen LogP contribution < -0.4 is 5.32 Å². The quantitative estimate of drug-likeness (QED) is 0.209. The van der Waals surface area contributed by atoms with E-state index in [2.05, 4.69) is 47.4 Å². The maximum atomic E-state index is 14.0. The van der Waals surface area contributed by atoms with E-state index in [1.165, 1.54) is 6.92 Å². The van der Waals surface area contributed by atoms with E-state index >= 15 is 0 Å². The molecule has 1 saturated carbocycles. The van der Waals surface area contributed by atoms with Gasteiger partial charge in [-0.15, -0.1) is 0 Å². The molecule has 4 heterocycles. The van der Waals surface area contributed by atoms with Gasteiger partial charge in [0.1, 0.15) is 34.5 Å². The first kappa shape index (κ1) is 27.6. The summed E-state index contributed by atoms with van der Waals surface area (Å²) < 4.78 is 2.27. The Bertz CT molecular complexity index is 1890. The Labute approximate surface area is 256 Å². The first-order valence-corrected chi connectivity index (χ1v) is 15.2. The summed E-state index contributed by atoms with van der Waals surface area (Å²) in [4.78, 5) is 55.1. The van der Waals surface area contributed by atoms with Crippen LogP contribution in [-0.2, 0) is 16.1 Å². The highest BCUT2D eigenvalue weighted by Crippen LogP contribution is 2.56. The second-order valence-corrected chi connectivity index (χ2v) is 12.8. The van der Waals surface area contributed by atoms with Gasteiger partial charge in [0, 0.05) is 41.4 Å². The van der Waals surface area contributed by atoms with E-state index in [0.717, 1.165) is 46.3 Å². The van der Waals surface area contributed by atoms with Crippen molar-refractivity contribution in [3.63, 3.8) is 0 Å². The highest BCUT2D eigenvalue weighted by atomic mass is 79.9. The number of nitrogens with one attached hydrogen (secondary N) is 1. The molecular formula is C32H30BrN7O3. The van der Waals surface area contributed by atoms with Gasteiger partial charge in [-0.1, -0.05) is 19.1 Å². The van der Waals surface area contributed by atoms with Crippen molar-refractivity contribution >= 4 is 50.2 Å². The zero-order chi connectivity index (χ0) is 30.2. The maximum absolute atomic E-state index is 14.0. The molecule has 3 aliphatic rings. The van der Waals surface area contributed by atoms with Gasteiger partial charge in [0.15, 0.2) is 5.78 Å². The molecule has 2 fully saturated rings. The second-order valence-electron chi connectivity index (χ2n) is 12.0. The van der Waals surface area contributed by atoms with Crippen LogP contribution in [0.5, 0.6) is 0 Å². The van der Waals surface area contributed by atoms with Gasteiger partial charge in [0.2, 0.25) is 11.8 Å². The minimum Gasteiger partial charge on any atom is -0.309 e. The number of pyridine rings is 1. The van der Waals surface area contributed by atoms with E-state index in [1.54, 1.807) is 22.0 Å². The molecule has 11 heteroatoms. The summed E-state index contributed by atoms with van der Waals surface area (Å²) in [6, 6.07) is 7.06. The van der Waals surface area contributed by atoms with E-state index in [4.69, 9.17) is 0 Å². The number of carbonyl (C=O) groups is 3. The monoisotopic (exact) mass is 639 g/mol. The fraction of sp³-hybridized carbons (Fsp3) is 0.344. The minimum absolute atomic E-state index is 0.0954. The molecule has 2 amide bonds. The molecular weight excluding hydrogens is 610 g/mol. The van der Waals surface area contributed by atoms with Crippen LogP contribution in [0.15, 0.2) is 53.0 Å². The summed E-state index contributed by atoms with van der Waals surface area (Å²) >= 11 is 3.36. The van der Waals surface area contributed by atoms with Crippen molar-refractivity contribution in [3.8, 4) is 11.1 Å². The molecule has 1 aromatic carbocycles. The Morgan fingerprint density at radius 2 is 1.84 bits per heavy atom.